The van der Waals surface area contributed by atoms with E-state index in [1.165, 1.54) is 19.3 Å². The molecule has 0 spiro atoms. The second-order valence-corrected chi connectivity index (χ2v) is 5.34. The molecule has 2 aromatic carbocycles. The molecule has 0 saturated heterocycles. The van der Waals surface area contributed by atoms with Gasteiger partial charge in [-0.25, -0.2) is 4.79 Å². The van der Waals surface area contributed by atoms with E-state index in [4.69, 9.17) is 4.74 Å². The third kappa shape index (κ3) is 2.48. The minimum Gasteiger partial charge on any atom is -0.490 e. The number of hydrogen-bond acceptors (Lipinski definition) is 2. The lowest BCUT2D eigenvalue weighted by Gasteiger charge is -2.24. The van der Waals surface area contributed by atoms with Crippen LogP contribution in [0.1, 0.15) is 42.5 Å². The molecule has 2 aromatic rings. The van der Waals surface area contributed by atoms with E-state index in [1.807, 2.05) is 24.3 Å². The molecule has 3 heteroatoms. The Morgan fingerprint density at radius 2 is 1.75 bits per heavy atom. The molecule has 1 aliphatic carbocycles. The largest absolute Gasteiger partial charge is 0.490 e. The van der Waals surface area contributed by atoms with Gasteiger partial charge in [0.05, 0.1) is 11.7 Å². The van der Waals surface area contributed by atoms with Gasteiger partial charge in [0.25, 0.3) is 0 Å². The van der Waals surface area contributed by atoms with Gasteiger partial charge in [0.15, 0.2) is 0 Å². The van der Waals surface area contributed by atoms with Crippen LogP contribution in [0, 0.1) is 0 Å². The number of benzene rings is 2. The summed E-state index contributed by atoms with van der Waals surface area (Å²) in [5, 5.41) is 11.0. The third-order valence-corrected chi connectivity index (χ3v) is 3.94. The van der Waals surface area contributed by atoms with Gasteiger partial charge in [-0.1, -0.05) is 30.7 Å². The fraction of sp³-hybridized carbons (Fsp3) is 0.353. The number of aromatic carboxylic acids is 1. The lowest BCUT2D eigenvalue weighted by atomic mass is 9.97. The molecule has 1 saturated carbocycles. The standard InChI is InChI=1S/C17H18O3/c18-17(19)14-10-4-6-12-7-5-11-15(16(12)14)20-13-8-2-1-3-9-13/h4-7,10-11,13H,1-3,8-9H2,(H,18,19). The van der Waals surface area contributed by atoms with Crippen LogP contribution < -0.4 is 4.74 Å². The van der Waals surface area contributed by atoms with Crippen LogP contribution in [0.3, 0.4) is 0 Å². The molecule has 1 N–H and O–H groups in total. The van der Waals surface area contributed by atoms with E-state index in [2.05, 4.69) is 0 Å². The molecule has 0 heterocycles. The smallest absolute Gasteiger partial charge is 0.336 e. The van der Waals surface area contributed by atoms with Crippen LogP contribution in [0.25, 0.3) is 10.8 Å². The topological polar surface area (TPSA) is 46.5 Å². The van der Waals surface area contributed by atoms with Gasteiger partial charge in [-0.15, -0.1) is 0 Å². The molecule has 1 aliphatic rings. The highest BCUT2D eigenvalue weighted by Gasteiger charge is 2.18. The van der Waals surface area contributed by atoms with Crippen molar-refractivity contribution in [1.82, 2.24) is 0 Å². The van der Waals surface area contributed by atoms with Crippen LogP contribution in [-0.4, -0.2) is 17.2 Å². The highest BCUT2D eigenvalue weighted by molar-refractivity contribution is 6.06. The molecule has 1 fully saturated rings. The first-order chi connectivity index (χ1) is 9.75. The highest BCUT2D eigenvalue weighted by Crippen LogP contribution is 2.32. The highest BCUT2D eigenvalue weighted by atomic mass is 16.5. The van der Waals surface area contributed by atoms with Crippen molar-refractivity contribution in [2.75, 3.05) is 0 Å². The molecular weight excluding hydrogens is 252 g/mol. The molecule has 0 unspecified atom stereocenters. The van der Waals surface area contributed by atoms with Crippen molar-refractivity contribution < 1.29 is 14.6 Å². The average Bonchev–Trinajstić information content (AvgIpc) is 2.48. The molecule has 3 rings (SSSR count). The zero-order valence-corrected chi connectivity index (χ0v) is 11.3. The van der Waals surface area contributed by atoms with Gasteiger partial charge in [-0.3, -0.25) is 0 Å². The monoisotopic (exact) mass is 270 g/mol. The summed E-state index contributed by atoms with van der Waals surface area (Å²) in [6.45, 7) is 0. The van der Waals surface area contributed by atoms with Crippen molar-refractivity contribution in [3.05, 3.63) is 42.0 Å². The fourth-order valence-electron chi connectivity index (χ4n) is 2.95. The number of carboxylic acid groups (broad SMARTS) is 1. The molecule has 20 heavy (non-hydrogen) atoms. The van der Waals surface area contributed by atoms with Crippen LogP contribution in [0.15, 0.2) is 36.4 Å². The predicted molar refractivity (Wildman–Crippen MR) is 78.4 cm³/mol. The van der Waals surface area contributed by atoms with Crippen molar-refractivity contribution in [2.24, 2.45) is 0 Å². The Bertz CT molecular complexity index is 622. The number of hydrogen-bond donors (Lipinski definition) is 1. The third-order valence-electron chi connectivity index (χ3n) is 3.94. The van der Waals surface area contributed by atoms with E-state index >= 15 is 0 Å². The van der Waals surface area contributed by atoms with Crippen LogP contribution in [0.5, 0.6) is 5.75 Å². The van der Waals surface area contributed by atoms with Crippen molar-refractivity contribution in [1.29, 1.82) is 0 Å². The van der Waals surface area contributed by atoms with E-state index in [-0.39, 0.29) is 6.10 Å². The molecule has 0 bridgehead atoms. The summed E-state index contributed by atoms with van der Waals surface area (Å²) in [6, 6.07) is 11.1. The quantitative estimate of drug-likeness (QED) is 0.907. The van der Waals surface area contributed by atoms with E-state index in [0.717, 1.165) is 18.2 Å². The minimum atomic E-state index is -0.907. The van der Waals surface area contributed by atoms with E-state index < -0.39 is 5.97 Å². The van der Waals surface area contributed by atoms with Crippen LogP contribution in [0.2, 0.25) is 0 Å². The van der Waals surface area contributed by atoms with E-state index in [1.54, 1.807) is 12.1 Å². The maximum Gasteiger partial charge on any atom is 0.336 e. The molecule has 0 atom stereocenters. The summed E-state index contributed by atoms with van der Waals surface area (Å²) < 4.78 is 6.10. The molecular formula is C17H18O3. The maximum atomic E-state index is 11.4. The first-order valence-corrected chi connectivity index (χ1v) is 7.17. The number of fused-ring (bicyclic) bond motifs is 1. The van der Waals surface area contributed by atoms with Crippen molar-refractivity contribution >= 4 is 16.7 Å². The normalized spacial score (nSPS) is 16.2. The second kappa shape index (κ2) is 5.53. The molecule has 0 aliphatic heterocycles. The molecule has 104 valence electrons. The number of ether oxygens (including phenoxy) is 1. The van der Waals surface area contributed by atoms with Crippen molar-refractivity contribution in [3.8, 4) is 5.75 Å². The van der Waals surface area contributed by atoms with Crippen molar-refractivity contribution in [2.45, 2.75) is 38.2 Å². The lowest BCUT2D eigenvalue weighted by Crippen LogP contribution is -2.19. The molecule has 3 nitrogen and oxygen atoms in total. The summed E-state index contributed by atoms with van der Waals surface area (Å²) in [4.78, 5) is 11.4. The Labute approximate surface area is 118 Å². The SMILES string of the molecule is O=C(O)c1cccc2cccc(OC3CCCCC3)c12. The Kier molecular flexibility index (Phi) is 3.59. The number of rotatable bonds is 3. The minimum absolute atomic E-state index is 0.219. The Morgan fingerprint density at radius 3 is 2.45 bits per heavy atom. The van der Waals surface area contributed by atoms with E-state index in [0.29, 0.717) is 16.7 Å². The van der Waals surface area contributed by atoms with Crippen LogP contribution >= 0.6 is 0 Å². The Morgan fingerprint density at radius 1 is 1.05 bits per heavy atom. The van der Waals surface area contributed by atoms with Gasteiger partial charge in [0, 0.05) is 5.39 Å². The summed E-state index contributed by atoms with van der Waals surface area (Å²) in [5.74, 6) is -0.206. The summed E-state index contributed by atoms with van der Waals surface area (Å²) in [5.41, 5.74) is 0.314. The summed E-state index contributed by atoms with van der Waals surface area (Å²) in [6.07, 6.45) is 6.01. The summed E-state index contributed by atoms with van der Waals surface area (Å²) >= 11 is 0. The lowest BCUT2D eigenvalue weighted by molar-refractivity contribution is 0.0698. The predicted octanol–water partition coefficient (Wildman–Crippen LogP) is 4.25. The molecule has 0 aromatic heterocycles. The average molecular weight is 270 g/mol. The number of carboxylic acids is 1. The number of carbonyl (C=O) groups is 1. The van der Waals surface area contributed by atoms with E-state index in [9.17, 15) is 9.90 Å². The van der Waals surface area contributed by atoms with Gasteiger partial charge in [-0.05, 0) is 43.2 Å². The Hall–Kier alpha value is -2.03. The van der Waals surface area contributed by atoms with Gasteiger partial charge in [0.1, 0.15) is 5.75 Å². The zero-order valence-electron chi connectivity index (χ0n) is 11.3. The first-order valence-electron chi connectivity index (χ1n) is 7.17. The molecule has 0 radical (unpaired) electrons. The van der Waals surface area contributed by atoms with Gasteiger partial charge in [0.2, 0.25) is 0 Å². The van der Waals surface area contributed by atoms with Crippen LogP contribution in [0.4, 0.5) is 0 Å². The van der Waals surface area contributed by atoms with Gasteiger partial charge in [-0.2, -0.15) is 0 Å². The maximum absolute atomic E-state index is 11.4. The zero-order chi connectivity index (χ0) is 13.9. The fourth-order valence-corrected chi connectivity index (χ4v) is 2.95. The van der Waals surface area contributed by atoms with Gasteiger partial charge >= 0.3 is 5.97 Å². The van der Waals surface area contributed by atoms with Gasteiger partial charge < -0.3 is 9.84 Å². The Balaban J connectivity index is 2.03. The molecule has 0 amide bonds. The first kappa shape index (κ1) is 13.0. The summed E-state index contributed by atoms with van der Waals surface area (Å²) in [7, 11) is 0. The van der Waals surface area contributed by atoms with Crippen molar-refractivity contribution in [3.63, 3.8) is 0 Å². The second-order valence-electron chi connectivity index (χ2n) is 5.34. The van der Waals surface area contributed by atoms with Crippen LogP contribution in [-0.2, 0) is 0 Å².